The summed E-state index contributed by atoms with van der Waals surface area (Å²) >= 11 is 12.0. The molecule has 0 amide bonds. The number of hydrogen-bond donors (Lipinski definition) is 1. The van der Waals surface area contributed by atoms with Crippen LogP contribution in [0.25, 0.3) is 0 Å². The zero-order chi connectivity index (χ0) is 15.4. The van der Waals surface area contributed by atoms with Crippen LogP contribution in [0.1, 0.15) is 39.5 Å². The first-order valence-electron chi connectivity index (χ1n) is 7.65. The minimum absolute atomic E-state index is 0.154. The Balaban J connectivity index is 2.21. The summed E-state index contributed by atoms with van der Waals surface area (Å²) in [6.45, 7) is 5.24. The highest BCUT2D eigenvalue weighted by Gasteiger charge is 2.34. The van der Waals surface area contributed by atoms with E-state index in [1.165, 1.54) is 6.42 Å². The Labute approximate surface area is 140 Å². The van der Waals surface area contributed by atoms with Crippen LogP contribution in [0, 0.1) is 5.92 Å². The zero-order valence-corrected chi connectivity index (χ0v) is 14.9. The Hall–Kier alpha value is -0.0900. The normalized spacial score (nSPS) is 27.5. The van der Waals surface area contributed by atoms with E-state index in [1.807, 2.05) is 6.07 Å². The van der Waals surface area contributed by atoms with Crippen LogP contribution in [0.5, 0.6) is 0 Å². The Bertz CT molecular complexity index is 509. The van der Waals surface area contributed by atoms with E-state index in [2.05, 4.69) is 19.2 Å². The van der Waals surface area contributed by atoms with Crippen molar-refractivity contribution in [1.82, 2.24) is 5.32 Å². The maximum Gasteiger partial charge on any atom is 0.0604 e. The molecule has 2 nitrogen and oxygen atoms in total. The molecule has 1 aromatic carbocycles. The summed E-state index contributed by atoms with van der Waals surface area (Å²) in [5, 5.41) is 4.64. The summed E-state index contributed by atoms with van der Waals surface area (Å²) in [6.07, 6.45) is 4.50. The Kier molecular flexibility index (Phi) is 6.54. The van der Waals surface area contributed by atoms with E-state index in [-0.39, 0.29) is 5.25 Å². The van der Waals surface area contributed by atoms with Gasteiger partial charge < -0.3 is 5.32 Å². The van der Waals surface area contributed by atoms with Crippen LogP contribution in [0.3, 0.4) is 0 Å². The highest BCUT2D eigenvalue weighted by atomic mass is 35.5. The lowest BCUT2D eigenvalue weighted by molar-refractivity contribution is 0.294. The lowest BCUT2D eigenvalue weighted by Crippen LogP contribution is -2.46. The summed E-state index contributed by atoms with van der Waals surface area (Å²) in [5.74, 6) is 0.677. The average Bonchev–Trinajstić information content (AvgIpc) is 2.50. The largest absolute Gasteiger partial charge is 0.313 e. The molecule has 0 aliphatic heterocycles. The maximum absolute atomic E-state index is 13.0. The van der Waals surface area contributed by atoms with Gasteiger partial charge >= 0.3 is 0 Å². The molecule has 1 saturated carbocycles. The fourth-order valence-corrected chi connectivity index (χ4v) is 5.22. The number of halogens is 2. The highest BCUT2D eigenvalue weighted by Crippen LogP contribution is 2.33. The molecule has 1 aliphatic carbocycles. The van der Waals surface area contributed by atoms with Gasteiger partial charge in [0.15, 0.2) is 0 Å². The molecule has 4 unspecified atom stereocenters. The minimum atomic E-state index is -1.05. The summed E-state index contributed by atoms with van der Waals surface area (Å²) in [7, 11) is -1.05. The van der Waals surface area contributed by atoms with E-state index in [0.29, 0.717) is 22.0 Å². The van der Waals surface area contributed by atoms with Crippen molar-refractivity contribution in [3.63, 3.8) is 0 Å². The van der Waals surface area contributed by atoms with Gasteiger partial charge in [0.1, 0.15) is 0 Å². The van der Waals surface area contributed by atoms with Crippen LogP contribution < -0.4 is 5.32 Å². The van der Waals surface area contributed by atoms with Gasteiger partial charge in [-0.3, -0.25) is 4.21 Å². The molecule has 1 aliphatic rings. The highest BCUT2D eigenvalue weighted by molar-refractivity contribution is 7.85. The van der Waals surface area contributed by atoms with E-state index in [1.54, 1.807) is 12.1 Å². The zero-order valence-electron chi connectivity index (χ0n) is 12.6. The summed E-state index contributed by atoms with van der Waals surface area (Å²) in [5.41, 5.74) is 0. The molecular weight excluding hydrogens is 325 g/mol. The first kappa shape index (κ1) is 17.3. The maximum atomic E-state index is 13.0. The molecule has 0 saturated heterocycles. The van der Waals surface area contributed by atoms with Crippen molar-refractivity contribution in [1.29, 1.82) is 0 Å². The Morgan fingerprint density at radius 1 is 1.24 bits per heavy atom. The molecule has 21 heavy (non-hydrogen) atoms. The molecule has 1 fully saturated rings. The van der Waals surface area contributed by atoms with Crippen LogP contribution in [0.15, 0.2) is 23.1 Å². The molecule has 1 N–H and O–H groups in total. The topological polar surface area (TPSA) is 29.1 Å². The third-order valence-corrected chi connectivity index (χ3v) is 6.87. The molecule has 2 rings (SSSR count). The van der Waals surface area contributed by atoms with Crippen molar-refractivity contribution >= 4 is 34.0 Å². The van der Waals surface area contributed by atoms with Gasteiger partial charge in [0.05, 0.1) is 26.1 Å². The second kappa shape index (κ2) is 7.96. The van der Waals surface area contributed by atoms with Crippen molar-refractivity contribution in [2.75, 3.05) is 6.54 Å². The van der Waals surface area contributed by atoms with E-state index < -0.39 is 10.8 Å². The number of rotatable bonds is 5. The molecule has 0 heterocycles. The van der Waals surface area contributed by atoms with Gasteiger partial charge in [-0.05, 0) is 49.9 Å². The van der Waals surface area contributed by atoms with Gasteiger partial charge in [0.25, 0.3) is 0 Å². The number of benzene rings is 1. The summed E-state index contributed by atoms with van der Waals surface area (Å²) in [4.78, 5) is 0.786. The van der Waals surface area contributed by atoms with Crippen LogP contribution in [-0.2, 0) is 10.8 Å². The summed E-state index contributed by atoms with van der Waals surface area (Å²) in [6, 6.07) is 5.65. The Morgan fingerprint density at radius 3 is 2.62 bits per heavy atom. The standard InChI is InChI=1S/C16H23Cl2NOS/c1-3-11-5-8-15(19-4-2)16(9-11)21(20)12-6-7-13(17)14(18)10-12/h6-7,10-11,15-16,19H,3-5,8-9H2,1-2H3. The van der Waals surface area contributed by atoms with E-state index in [9.17, 15) is 4.21 Å². The van der Waals surface area contributed by atoms with Gasteiger partial charge in [0, 0.05) is 10.9 Å². The van der Waals surface area contributed by atoms with Gasteiger partial charge in [-0.2, -0.15) is 0 Å². The molecule has 0 bridgehead atoms. The van der Waals surface area contributed by atoms with Crippen molar-refractivity contribution in [3.05, 3.63) is 28.2 Å². The Morgan fingerprint density at radius 2 is 2.00 bits per heavy atom. The van der Waals surface area contributed by atoms with Crippen molar-refractivity contribution < 1.29 is 4.21 Å². The number of hydrogen-bond acceptors (Lipinski definition) is 2. The SMILES string of the molecule is CCNC1CCC(CC)CC1S(=O)c1ccc(Cl)c(Cl)c1. The van der Waals surface area contributed by atoms with Gasteiger partial charge in [-0.1, -0.05) is 43.5 Å². The molecule has 0 aromatic heterocycles. The van der Waals surface area contributed by atoms with E-state index in [4.69, 9.17) is 23.2 Å². The predicted octanol–water partition coefficient (Wildman–Crippen LogP) is 4.66. The van der Waals surface area contributed by atoms with Crippen molar-refractivity contribution in [3.8, 4) is 0 Å². The van der Waals surface area contributed by atoms with E-state index in [0.717, 1.165) is 30.7 Å². The molecule has 0 spiro atoms. The first-order chi connectivity index (χ1) is 10.1. The minimum Gasteiger partial charge on any atom is -0.313 e. The average molecular weight is 348 g/mol. The predicted molar refractivity (Wildman–Crippen MR) is 91.8 cm³/mol. The van der Waals surface area contributed by atoms with Gasteiger partial charge in [0.2, 0.25) is 0 Å². The van der Waals surface area contributed by atoms with E-state index >= 15 is 0 Å². The van der Waals surface area contributed by atoms with Crippen LogP contribution in [0.4, 0.5) is 0 Å². The number of nitrogens with one attached hydrogen (secondary N) is 1. The lowest BCUT2D eigenvalue weighted by Gasteiger charge is -2.35. The quantitative estimate of drug-likeness (QED) is 0.839. The molecule has 4 atom stereocenters. The van der Waals surface area contributed by atoms with Gasteiger partial charge in [-0.15, -0.1) is 0 Å². The van der Waals surface area contributed by atoms with Gasteiger partial charge in [-0.25, -0.2) is 0 Å². The monoisotopic (exact) mass is 347 g/mol. The second-order valence-electron chi connectivity index (χ2n) is 5.66. The lowest BCUT2D eigenvalue weighted by atomic mass is 9.84. The second-order valence-corrected chi connectivity index (χ2v) is 8.15. The fourth-order valence-electron chi connectivity index (χ4n) is 3.09. The summed E-state index contributed by atoms with van der Waals surface area (Å²) < 4.78 is 13.0. The fraction of sp³-hybridized carbons (Fsp3) is 0.625. The van der Waals surface area contributed by atoms with Crippen molar-refractivity contribution in [2.45, 2.75) is 55.7 Å². The van der Waals surface area contributed by atoms with Crippen molar-refractivity contribution in [2.24, 2.45) is 5.92 Å². The third kappa shape index (κ3) is 4.22. The molecule has 5 heteroatoms. The molecule has 0 radical (unpaired) electrons. The van der Waals surface area contributed by atoms with Crippen LogP contribution in [-0.4, -0.2) is 22.0 Å². The third-order valence-electron chi connectivity index (χ3n) is 4.34. The smallest absolute Gasteiger partial charge is 0.0604 e. The molecule has 118 valence electrons. The van der Waals surface area contributed by atoms with Crippen LogP contribution >= 0.6 is 23.2 Å². The molecular formula is C16H23Cl2NOS. The van der Waals surface area contributed by atoms with Crippen LogP contribution in [0.2, 0.25) is 10.0 Å². The molecule has 1 aromatic rings. The first-order valence-corrected chi connectivity index (χ1v) is 9.62.